The van der Waals surface area contributed by atoms with Crippen LogP contribution in [0.25, 0.3) is 11.0 Å². The monoisotopic (exact) mass is 370 g/mol. The third-order valence-corrected chi connectivity index (χ3v) is 4.70. The molecule has 2 aromatic rings. The highest BCUT2D eigenvalue weighted by Crippen LogP contribution is 2.33. The number of rotatable bonds is 4. The van der Waals surface area contributed by atoms with E-state index in [4.69, 9.17) is 10.5 Å². The van der Waals surface area contributed by atoms with Crippen molar-refractivity contribution in [2.24, 2.45) is 5.73 Å². The molecule has 26 heavy (non-hydrogen) atoms. The Bertz CT molecular complexity index is 771. The highest BCUT2D eigenvalue weighted by Gasteiger charge is 2.46. The largest absolute Gasteiger partial charge is 0.481 e. The molecule has 0 radical (unpaired) electrons. The van der Waals surface area contributed by atoms with E-state index in [0.717, 1.165) is 0 Å². The number of nitrogens with two attached hydrogens (primary N) is 1. The van der Waals surface area contributed by atoms with Crippen LogP contribution in [0.1, 0.15) is 24.5 Å². The zero-order valence-corrected chi connectivity index (χ0v) is 14.3. The van der Waals surface area contributed by atoms with Crippen LogP contribution in [-0.2, 0) is 0 Å². The van der Waals surface area contributed by atoms with Crippen LogP contribution in [0.5, 0.6) is 5.88 Å². The van der Waals surface area contributed by atoms with Crippen LogP contribution >= 0.6 is 0 Å². The number of hydrogen-bond donors (Lipinski definition) is 2. The molecule has 0 bridgehead atoms. The van der Waals surface area contributed by atoms with E-state index in [-0.39, 0.29) is 19.5 Å². The summed E-state index contributed by atoms with van der Waals surface area (Å²) in [5, 5.41) is 10.6. The van der Waals surface area contributed by atoms with E-state index in [1.54, 1.807) is 18.2 Å². The topological polar surface area (TPSA) is 84.5 Å². The van der Waals surface area contributed by atoms with Crippen LogP contribution in [-0.4, -0.2) is 58.4 Å². The number of aliphatic hydroxyl groups is 1. The number of aromatic nitrogens is 2. The first-order chi connectivity index (χ1) is 12.3. The minimum atomic E-state index is -4.39. The second-order valence-corrected chi connectivity index (χ2v) is 6.47. The Morgan fingerprint density at radius 1 is 1.38 bits per heavy atom. The normalized spacial score (nSPS) is 23.2. The van der Waals surface area contributed by atoms with Gasteiger partial charge in [0, 0.05) is 37.0 Å². The third kappa shape index (κ3) is 3.89. The van der Waals surface area contributed by atoms with Gasteiger partial charge in [0.1, 0.15) is 6.04 Å². The van der Waals surface area contributed by atoms with Crippen LogP contribution in [0.15, 0.2) is 24.4 Å². The number of aliphatic hydroxyl groups excluding tert-OH is 1. The van der Waals surface area contributed by atoms with Gasteiger partial charge < -0.3 is 15.6 Å². The van der Waals surface area contributed by atoms with Gasteiger partial charge in [-0.3, -0.25) is 9.88 Å². The maximum absolute atomic E-state index is 13.4. The van der Waals surface area contributed by atoms with Crippen molar-refractivity contribution in [3.05, 3.63) is 30.0 Å². The molecule has 6 nitrogen and oxygen atoms in total. The van der Waals surface area contributed by atoms with Crippen molar-refractivity contribution in [1.29, 1.82) is 0 Å². The minimum Gasteiger partial charge on any atom is -0.481 e. The zero-order chi connectivity index (χ0) is 18.9. The van der Waals surface area contributed by atoms with E-state index < -0.39 is 24.4 Å². The summed E-state index contributed by atoms with van der Waals surface area (Å²) in [5.74, 6) is 0.344. The molecule has 1 saturated heterocycles. The lowest BCUT2D eigenvalue weighted by molar-refractivity contribution is -0.195. The first-order valence-electron chi connectivity index (χ1n) is 8.33. The quantitative estimate of drug-likeness (QED) is 0.857. The van der Waals surface area contributed by atoms with E-state index in [9.17, 15) is 18.3 Å². The second kappa shape index (κ2) is 7.34. The Kier molecular flexibility index (Phi) is 5.31. The molecular formula is C17H21F3N4O2. The summed E-state index contributed by atoms with van der Waals surface area (Å²) < 4.78 is 45.1. The average molecular weight is 370 g/mol. The van der Waals surface area contributed by atoms with Crippen LogP contribution in [0.3, 0.4) is 0 Å². The van der Waals surface area contributed by atoms with Crippen molar-refractivity contribution in [2.75, 3.05) is 20.2 Å². The number of ether oxygens (including phenoxy) is 1. The summed E-state index contributed by atoms with van der Waals surface area (Å²) in [6.07, 6.45) is -3.73. The molecule has 3 rings (SSSR count). The summed E-state index contributed by atoms with van der Waals surface area (Å²) in [6.45, 7) is 0.0249. The van der Waals surface area contributed by atoms with Gasteiger partial charge in [-0.1, -0.05) is 0 Å². The third-order valence-electron chi connectivity index (χ3n) is 4.70. The van der Waals surface area contributed by atoms with Gasteiger partial charge in [0.25, 0.3) is 0 Å². The molecule has 0 unspecified atom stereocenters. The standard InChI is InChI=1S/C17H21F3N4O2/c1-26-15-3-2-12-16(23-15)11(4-6-22-12)13(25)9-24-7-5-10(21)8-14(24)17(18,19)20/h2-4,6,10,13-14,25H,5,7-9,21H2,1H3/t10-,13+,14+/m1/s1. The number of β-amino-alcohol motifs (C(OH)–C–C–N with tert-alkyl or cyclic N) is 1. The van der Waals surface area contributed by atoms with Gasteiger partial charge in [-0.2, -0.15) is 13.2 Å². The van der Waals surface area contributed by atoms with Gasteiger partial charge in [-0.15, -0.1) is 0 Å². The van der Waals surface area contributed by atoms with Crippen LogP contribution in [0, 0.1) is 0 Å². The molecule has 1 fully saturated rings. The highest BCUT2D eigenvalue weighted by molar-refractivity contribution is 5.78. The molecule has 9 heteroatoms. The van der Waals surface area contributed by atoms with Gasteiger partial charge >= 0.3 is 6.18 Å². The Hall–Kier alpha value is -1.97. The molecular weight excluding hydrogens is 349 g/mol. The molecule has 0 aliphatic carbocycles. The summed E-state index contributed by atoms with van der Waals surface area (Å²) in [6, 6.07) is 2.75. The summed E-state index contributed by atoms with van der Waals surface area (Å²) in [4.78, 5) is 9.70. The molecule has 0 saturated carbocycles. The van der Waals surface area contributed by atoms with Crippen molar-refractivity contribution in [3.63, 3.8) is 0 Å². The van der Waals surface area contributed by atoms with Gasteiger partial charge in [0.05, 0.1) is 24.2 Å². The zero-order valence-electron chi connectivity index (χ0n) is 14.3. The lowest BCUT2D eigenvalue weighted by atomic mass is 9.96. The van der Waals surface area contributed by atoms with E-state index >= 15 is 0 Å². The van der Waals surface area contributed by atoms with E-state index in [1.807, 2.05) is 0 Å². The number of halogens is 3. The van der Waals surface area contributed by atoms with Gasteiger partial charge in [-0.05, 0) is 25.0 Å². The molecule has 0 amide bonds. The van der Waals surface area contributed by atoms with Crippen molar-refractivity contribution >= 4 is 11.0 Å². The molecule has 1 aliphatic rings. The van der Waals surface area contributed by atoms with Crippen LogP contribution < -0.4 is 10.5 Å². The fourth-order valence-electron chi connectivity index (χ4n) is 3.33. The number of hydrogen-bond acceptors (Lipinski definition) is 6. The van der Waals surface area contributed by atoms with E-state index in [1.165, 1.54) is 18.2 Å². The summed E-state index contributed by atoms with van der Waals surface area (Å²) in [5.41, 5.74) is 7.08. The van der Waals surface area contributed by atoms with Crippen molar-refractivity contribution < 1.29 is 23.0 Å². The van der Waals surface area contributed by atoms with E-state index in [0.29, 0.717) is 28.9 Å². The van der Waals surface area contributed by atoms with Gasteiger partial charge in [0.15, 0.2) is 0 Å². The fourth-order valence-corrected chi connectivity index (χ4v) is 3.33. The number of alkyl halides is 3. The van der Waals surface area contributed by atoms with Crippen molar-refractivity contribution in [1.82, 2.24) is 14.9 Å². The molecule has 3 N–H and O–H groups in total. The number of piperidine rings is 1. The maximum Gasteiger partial charge on any atom is 0.404 e. The molecule has 2 aromatic heterocycles. The predicted molar refractivity (Wildman–Crippen MR) is 89.7 cm³/mol. The fraction of sp³-hybridized carbons (Fsp3) is 0.529. The van der Waals surface area contributed by atoms with Crippen molar-refractivity contribution in [3.8, 4) is 5.88 Å². The van der Waals surface area contributed by atoms with Crippen molar-refractivity contribution in [2.45, 2.75) is 37.2 Å². The van der Waals surface area contributed by atoms with E-state index in [2.05, 4.69) is 9.97 Å². The Morgan fingerprint density at radius 3 is 2.85 bits per heavy atom. The smallest absolute Gasteiger partial charge is 0.404 e. The number of pyridine rings is 2. The molecule has 1 aliphatic heterocycles. The number of fused-ring (bicyclic) bond motifs is 1. The Morgan fingerprint density at radius 2 is 2.15 bits per heavy atom. The number of likely N-dealkylation sites (tertiary alicyclic amines) is 1. The second-order valence-electron chi connectivity index (χ2n) is 6.47. The maximum atomic E-state index is 13.4. The highest BCUT2D eigenvalue weighted by atomic mass is 19.4. The lowest BCUT2D eigenvalue weighted by Crippen LogP contribution is -2.54. The van der Waals surface area contributed by atoms with Gasteiger partial charge in [0.2, 0.25) is 5.88 Å². The Balaban J connectivity index is 1.87. The van der Waals surface area contributed by atoms with Crippen LogP contribution in [0.2, 0.25) is 0 Å². The molecule has 142 valence electrons. The Labute approximate surface area is 148 Å². The molecule has 3 atom stereocenters. The summed E-state index contributed by atoms with van der Waals surface area (Å²) >= 11 is 0. The molecule has 3 heterocycles. The first-order valence-corrected chi connectivity index (χ1v) is 8.33. The minimum absolute atomic E-state index is 0.158. The molecule has 0 aromatic carbocycles. The average Bonchev–Trinajstić information content (AvgIpc) is 2.61. The summed E-state index contributed by atoms with van der Waals surface area (Å²) in [7, 11) is 1.46. The number of methoxy groups -OCH3 is 1. The SMILES string of the molecule is COc1ccc2nccc([C@@H](O)CN3CC[C@@H](N)C[C@H]3C(F)(F)F)c2n1. The lowest BCUT2D eigenvalue weighted by Gasteiger charge is -2.40. The van der Waals surface area contributed by atoms with Crippen LogP contribution in [0.4, 0.5) is 13.2 Å². The predicted octanol–water partition coefficient (Wildman–Crippen LogP) is 2.03. The molecule has 0 spiro atoms. The number of nitrogens with zero attached hydrogens (tertiary/aromatic N) is 3. The van der Waals surface area contributed by atoms with Gasteiger partial charge in [-0.25, -0.2) is 4.98 Å². The first kappa shape index (κ1) is 18.8.